The number of carbonyl (C=O) groups is 1. The minimum atomic E-state index is -0.0483. The fourth-order valence-electron chi connectivity index (χ4n) is 2.78. The molecule has 0 spiro atoms. The van der Waals surface area contributed by atoms with E-state index in [9.17, 15) is 4.79 Å². The zero-order valence-corrected chi connectivity index (χ0v) is 14.6. The van der Waals surface area contributed by atoms with Gasteiger partial charge in [0.05, 0.1) is 12.7 Å². The number of anilines is 1. The van der Waals surface area contributed by atoms with Gasteiger partial charge in [0.25, 0.3) is 5.91 Å². The predicted octanol–water partition coefficient (Wildman–Crippen LogP) is 3.82. The monoisotopic (exact) mass is 327 g/mol. The highest BCUT2D eigenvalue weighted by Gasteiger charge is 2.20. The van der Waals surface area contributed by atoms with Gasteiger partial charge < -0.3 is 14.6 Å². The summed E-state index contributed by atoms with van der Waals surface area (Å²) in [4.78, 5) is 18.7. The number of hydrogen-bond donors (Lipinski definition) is 1. The number of likely N-dealkylation sites (tertiary alicyclic amines) is 1. The second-order valence-corrected chi connectivity index (χ2v) is 7.30. The van der Waals surface area contributed by atoms with Crippen LogP contribution in [0.5, 0.6) is 0 Å². The molecule has 5 nitrogen and oxygen atoms in total. The Balaban J connectivity index is 1.64. The quantitative estimate of drug-likeness (QED) is 0.927. The van der Waals surface area contributed by atoms with Gasteiger partial charge in [-0.3, -0.25) is 4.79 Å². The van der Waals surface area contributed by atoms with E-state index in [4.69, 9.17) is 4.42 Å². The number of amides is 1. The first-order chi connectivity index (χ1) is 11.4. The number of carbonyl (C=O) groups excluding carboxylic acids is 1. The normalized spacial score (nSPS) is 14.9. The Morgan fingerprint density at radius 1 is 1.29 bits per heavy atom. The van der Waals surface area contributed by atoms with Gasteiger partial charge in [0.1, 0.15) is 5.76 Å². The van der Waals surface area contributed by atoms with Crippen LogP contribution in [0.25, 0.3) is 0 Å². The highest BCUT2D eigenvalue weighted by Crippen LogP contribution is 2.23. The molecule has 5 heteroatoms. The molecular formula is C19H25N3O2. The van der Waals surface area contributed by atoms with Crippen LogP contribution in [0, 0.1) is 0 Å². The van der Waals surface area contributed by atoms with Crippen molar-refractivity contribution >= 4 is 11.6 Å². The Morgan fingerprint density at radius 2 is 2.04 bits per heavy atom. The van der Waals surface area contributed by atoms with Crippen LogP contribution in [0.15, 0.2) is 34.9 Å². The van der Waals surface area contributed by atoms with Gasteiger partial charge in [-0.25, -0.2) is 4.98 Å². The van der Waals surface area contributed by atoms with Crippen LogP contribution in [-0.2, 0) is 12.0 Å². The average Bonchev–Trinajstić information content (AvgIpc) is 3.23. The molecule has 24 heavy (non-hydrogen) atoms. The largest absolute Gasteiger partial charge is 0.443 e. The van der Waals surface area contributed by atoms with Gasteiger partial charge in [-0.05, 0) is 31.0 Å². The van der Waals surface area contributed by atoms with Gasteiger partial charge >= 0.3 is 0 Å². The molecule has 2 heterocycles. The van der Waals surface area contributed by atoms with Crippen molar-refractivity contribution in [2.24, 2.45) is 0 Å². The molecule has 1 saturated heterocycles. The minimum absolute atomic E-state index is 0.0483. The maximum absolute atomic E-state index is 12.5. The summed E-state index contributed by atoms with van der Waals surface area (Å²) >= 11 is 0. The second-order valence-electron chi connectivity index (χ2n) is 7.30. The second kappa shape index (κ2) is 6.67. The summed E-state index contributed by atoms with van der Waals surface area (Å²) in [5.74, 6) is 1.63. The van der Waals surface area contributed by atoms with Crippen molar-refractivity contribution in [3.05, 3.63) is 47.7 Å². The molecule has 1 aromatic carbocycles. The third-order valence-corrected chi connectivity index (χ3v) is 4.24. The van der Waals surface area contributed by atoms with Gasteiger partial charge in [0, 0.05) is 29.8 Å². The van der Waals surface area contributed by atoms with Gasteiger partial charge in [-0.1, -0.05) is 26.8 Å². The van der Waals surface area contributed by atoms with E-state index in [0.29, 0.717) is 12.4 Å². The fourth-order valence-corrected chi connectivity index (χ4v) is 2.78. The Kier molecular flexibility index (Phi) is 4.60. The maximum atomic E-state index is 12.5. The summed E-state index contributed by atoms with van der Waals surface area (Å²) < 4.78 is 5.78. The molecular weight excluding hydrogens is 302 g/mol. The zero-order chi connectivity index (χ0) is 17.2. The standard InChI is InChI=1S/C19H25N3O2/c1-19(2,3)16-12-21-17(24-16)13-20-15-8-6-7-14(11-15)18(23)22-9-4-5-10-22/h6-8,11-12,20H,4-5,9-10,13H2,1-3H3. The molecule has 1 N–H and O–H groups in total. The van der Waals surface area contributed by atoms with Gasteiger partial charge in [0.2, 0.25) is 5.89 Å². The van der Waals surface area contributed by atoms with E-state index in [1.165, 1.54) is 0 Å². The number of nitrogens with one attached hydrogen (secondary N) is 1. The molecule has 3 rings (SSSR count). The third kappa shape index (κ3) is 3.78. The lowest BCUT2D eigenvalue weighted by Gasteiger charge is -2.16. The molecule has 0 bridgehead atoms. The molecule has 1 fully saturated rings. The van der Waals surface area contributed by atoms with Gasteiger partial charge in [-0.2, -0.15) is 0 Å². The summed E-state index contributed by atoms with van der Waals surface area (Å²) in [6.45, 7) is 8.51. The third-order valence-electron chi connectivity index (χ3n) is 4.24. The van der Waals surface area contributed by atoms with Crippen molar-refractivity contribution in [2.75, 3.05) is 18.4 Å². The number of oxazole rings is 1. The average molecular weight is 327 g/mol. The molecule has 1 aromatic heterocycles. The van der Waals surface area contributed by atoms with Crippen LogP contribution in [-0.4, -0.2) is 28.9 Å². The molecule has 0 unspecified atom stereocenters. The lowest BCUT2D eigenvalue weighted by Crippen LogP contribution is -2.27. The van der Waals surface area contributed by atoms with Crippen molar-refractivity contribution < 1.29 is 9.21 Å². The molecule has 1 aliphatic heterocycles. The molecule has 128 valence electrons. The fraction of sp³-hybridized carbons (Fsp3) is 0.474. The van der Waals surface area contributed by atoms with Crippen LogP contribution in [0.1, 0.15) is 55.6 Å². The molecule has 0 aliphatic carbocycles. The molecule has 1 aliphatic rings. The Labute approximate surface area is 143 Å². The SMILES string of the molecule is CC(C)(C)c1cnc(CNc2cccc(C(=O)N3CCCC3)c2)o1. The number of hydrogen-bond acceptors (Lipinski definition) is 4. The van der Waals surface area contributed by atoms with Crippen LogP contribution < -0.4 is 5.32 Å². The van der Waals surface area contributed by atoms with Crippen LogP contribution in [0.3, 0.4) is 0 Å². The molecule has 2 aromatic rings. The molecule has 0 saturated carbocycles. The van der Waals surface area contributed by atoms with E-state index in [0.717, 1.165) is 42.9 Å². The summed E-state index contributed by atoms with van der Waals surface area (Å²) in [6, 6.07) is 7.62. The number of aromatic nitrogens is 1. The zero-order valence-electron chi connectivity index (χ0n) is 14.6. The van der Waals surface area contributed by atoms with E-state index < -0.39 is 0 Å². The summed E-state index contributed by atoms with van der Waals surface area (Å²) in [5, 5.41) is 3.28. The first kappa shape index (κ1) is 16.6. The Bertz CT molecular complexity index is 709. The van der Waals surface area contributed by atoms with Gasteiger partial charge in [0.15, 0.2) is 0 Å². The van der Waals surface area contributed by atoms with Crippen molar-refractivity contribution in [1.29, 1.82) is 0 Å². The van der Waals surface area contributed by atoms with E-state index >= 15 is 0 Å². The van der Waals surface area contributed by atoms with E-state index in [1.54, 1.807) is 6.20 Å². The highest BCUT2D eigenvalue weighted by molar-refractivity contribution is 5.95. The van der Waals surface area contributed by atoms with Crippen LogP contribution in [0.2, 0.25) is 0 Å². The number of rotatable bonds is 4. The first-order valence-corrected chi connectivity index (χ1v) is 8.52. The summed E-state index contributed by atoms with van der Waals surface area (Å²) in [6.07, 6.45) is 3.98. The Hall–Kier alpha value is -2.30. The lowest BCUT2D eigenvalue weighted by molar-refractivity contribution is 0.0793. The van der Waals surface area contributed by atoms with Crippen molar-refractivity contribution in [1.82, 2.24) is 9.88 Å². The topological polar surface area (TPSA) is 58.4 Å². The smallest absolute Gasteiger partial charge is 0.253 e. The van der Waals surface area contributed by atoms with E-state index in [2.05, 4.69) is 31.1 Å². The van der Waals surface area contributed by atoms with Crippen molar-refractivity contribution in [3.63, 3.8) is 0 Å². The van der Waals surface area contributed by atoms with E-state index in [-0.39, 0.29) is 11.3 Å². The van der Waals surface area contributed by atoms with Gasteiger partial charge in [-0.15, -0.1) is 0 Å². The van der Waals surface area contributed by atoms with E-state index in [1.807, 2.05) is 29.2 Å². The maximum Gasteiger partial charge on any atom is 0.253 e. The molecule has 0 radical (unpaired) electrons. The highest BCUT2D eigenvalue weighted by atomic mass is 16.4. The Morgan fingerprint density at radius 3 is 2.71 bits per heavy atom. The molecule has 1 amide bonds. The minimum Gasteiger partial charge on any atom is -0.443 e. The van der Waals surface area contributed by atoms with Crippen molar-refractivity contribution in [2.45, 2.75) is 45.6 Å². The predicted molar refractivity (Wildman–Crippen MR) is 94.1 cm³/mol. The lowest BCUT2D eigenvalue weighted by atomic mass is 9.94. The van der Waals surface area contributed by atoms with Crippen LogP contribution in [0.4, 0.5) is 5.69 Å². The molecule has 0 atom stereocenters. The number of nitrogens with zero attached hydrogens (tertiary/aromatic N) is 2. The number of benzene rings is 1. The summed E-state index contributed by atoms with van der Waals surface area (Å²) in [7, 11) is 0. The van der Waals surface area contributed by atoms with Crippen molar-refractivity contribution in [3.8, 4) is 0 Å². The van der Waals surface area contributed by atoms with Crippen LogP contribution >= 0.6 is 0 Å². The first-order valence-electron chi connectivity index (χ1n) is 8.52. The summed E-state index contributed by atoms with van der Waals surface area (Å²) in [5.41, 5.74) is 1.58.